The van der Waals surface area contributed by atoms with Crippen molar-refractivity contribution in [1.29, 1.82) is 0 Å². The Kier molecular flexibility index (Phi) is 4.48. The maximum atomic E-state index is 13.1. The van der Waals surface area contributed by atoms with E-state index in [-0.39, 0.29) is 34.8 Å². The van der Waals surface area contributed by atoms with E-state index in [0.717, 1.165) is 23.9 Å². The third-order valence-corrected chi connectivity index (χ3v) is 5.20. The van der Waals surface area contributed by atoms with Crippen LogP contribution in [0.2, 0.25) is 0 Å². The maximum absolute atomic E-state index is 13.1. The molecule has 10 heteroatoms. The summed E-state index contributed by atoms with van der Waals surface area (Å²) in [6.45, 7) is 3.46. The molecule has 1 atom stereocenters. The number of nitrogens with zero attached hydrogens (tertiary/aromatic N) is 4. The fraction of sp³-hybridized carbons (Fsp3) is 0.421. The summed E-state index contributed by atoms with van der Waals surface area (Å²) < 4.78 is 3.71. The fourth-order valence-electron chi connectivity index (χ4n) is 3.34. The monoisotopic (exact) mass is 398 g/mol. The van der Waals surface area contributed by atoms with Crippen LogP contribution in [0, 0.1) is 0 Å². The van der Waals surface area contributed by atoms with Gasteiger partial charge in [0.15, 0.2) is 0 Å². The minimum absolute atomic E-state index is 0.0119. The van der Waals surface area contributed by atoms with Gasteiger partial charge in [-0.3, -0.25) is 19.0 Å². The zero-order valence-corrected chi connectivity index (χ0v) is 16.2. The van der Waals surface area contributed by atoms with Gasteiger partial charge in [0.25, 0.3) is 11.5 Å². The highest BCUT2D eigenvalue weighted by Gasteiger charge is 2.30. The van der Waals surface area contributed by atoms with Gasteiger partial charge in [0, 0.05) is 17.6 Å². The minimum atomic E-state index is -0.714. The lowest BCUT2D eigenvalue weighted by atomic mass is 10.1. The molecule has 29 heavy (non-hydrogen) atoms. The number of primary amides is 1. The number of rotatable bonds is 6. The molecule has 3 aromatic rings. The van der Waals surface area contributed by atoms with Gasteiger partial charge in [-0.25, -0.2) is 13.9 Å². The molecular formula is C19H22N6O4. The summed E-state index contributed by atoms with van der Waals surface area (Å²) in [6.07, 6.45) is 2.40. The Morgan fingerprint density at radius 1 is 1.31 bits per heavy atom. The summed E-state index contributed by atoms with van der Waals surface area (Å²) in [7, 11) is 0. The van der Waals surface area contributed by atoms with E-state index in [9.17, 15) is 19.2 Å². The van der Waals surface area contributed by atoms with Crippen LogP contribution in [-0.4, -0.2) is 36.6 Å². The van der Waals surface area contributed by atoms with Crippen LogP contribution >= 0.6 is 0 Å². The summed E-state index contributed by atoms with van der Waals surface area (Å²) in [6, 6.07) is 4.59. The average Bonchev–Trinajstić information content (AvgIpc) is 3.46. The molecule has 1 aromatic carbocycles. The molecule has 1 saturated carbocycles. The number of carbonyl (C=O) groups is 2. The molecule has 152 valence electrons. The van der Waals surface area contributed by atoms with E-state index in [4.69, 9.17) is 5.73 Å². The Bertz CT molecular complexity index is 1260. The Labute approximate surface area is 164 Å². The summed E-state index contributed by atoms with van der Waals surface area (Å²) in [4.78, 5) is 49.9. The second-order valence-electron chi connectivity index (χ2n) is 7.46. The summed E-state index contributed by atoms with van der Waals surface area (Å²) in [5.74, 6) is -0.858. The number of fused-ring (bicyclic) bond motifs is 3. The number of nitrogens with two attached hydrogens (primary N) is 1. The lowest BCUT2D eigenvalue weighted by Crippen LogP contribution is -2.32. The molecule has 0 spiro atoms. The lowest BCUT2D eigenvalue weighted by molar-refractivity contribution is -0.118. The Morgan fingerprint density at radius 2 is 2.03 bits per heavy atom. The molecular weight excluding hydrogens is 376 g/mol. The van der Waals surface area contributed by atoms with Gasteiger partial charge in [0.1, 0.15) is 6.54 Å². The van der Waals surface area contributed by atoms with Crippen LogP contribution < -0.4 is 22.3 Å². The molecule has 0 aliphatic heterocycles. The van der Waals surface area contributed by atoms with Gasteiger partial charge >= 0.3 is 5.69 Å². The molecule has 2 heterocycles. The van der Waals surface area contributed by atoms with Crippen molar-refractivity contribution < 1.29 is 9.59 Å². The zero-order valence-electron chi connectivity index (χ0n) is 16.2. The average molecular weight is 398 g/mol. The topological polar surface area (TPSA) is 133 Å². The third-order valence-electron chi connectivity index (χ3n) is 5.20. The molecule has 3 N–H and O–H groups in total. The number of nitrogens with one attached hydrogen (secondary N) is 1. The Hall–Kier alpha value is -3.43. The molecule has 0 radical (unpaired) electrons. The fourth-order valence-corrected chi connectivity index (χ4v) is 3.34. The first-order chi connectivity index (χ1) is 13.8. The molecule has 1 unspecified atom stereocenters. The molecule has 1 fully saturated rings. The van der Waals surface area contributed by atoms with Gasteiger partial charge < -0.3 is 11.1 Å². The third kappa shape index (κ3) is 3.20. The molecule has 10 nitrogen and oxygen atoms in total. The van der Waals surface area contributed by atoms with E-state index >= 15 is 0 Å². The molecule has 2 amide bonds. The molecule has 2 aromatic heterocycles. The van der Waals surface area contributed by atoms with Gasteiger partial charge in [-0.15, -0.1) is 5.10 Å². The Morgan fingerprint density at radius 3 is 2.66 bits per heavy atom. The molecule has 1 aliphatic rings. The second-order valence-corrected chi connectivity index (χ2v) is 7.46. The SMILES string of the molecule is CCC(C)NC(=O)c1ccc2c(=O)n(C3CC3)c3nn(CC(N)=O)c(=O)n3c2c1. The maximum Gasteiger partial charge on any atom is 0.352 e. The van der Waals surface area contributed by atoms with Crippen molar-refractivity contribution in [2.45, 2.75) is 51.7 Å². The lowest BCUT2D eigenvalue weighted by Gasteiger charge is -2.13. The number of carbonyl (C=O) groups excluding carboxylic acids is 2. The minimum Gasteiger partial charge on any atom is -0.368 e. The number of amides is 2. The quantitative estimate of drug-likeness (QED) is 0.610. The van der Waals surface area contributed by atoms with E-state index < -0.39 is 18.1 Å². The summed E-state index contributed by atoms with van der Waals surface area (Å²) in [5.41, 5.74) is 4.97. The highest BCUT2D eigenvalue weighted by Crippen LogP contribution is 2.35. The van der Waals surface area contributed by atoms with Gasteiger partial charge in [0.05, 0.1) is 10.9 Å². The zero-order chi connectivity index (χ0) is 20.9. The summed E-state index contributed by atoms with van der Waals surface area (Å²) >= 11 is 0. The van der Waals surface area contributed by atoms with Crippen molar-refractivity contribution in [3.8, 4) is 0 Å². The predicted octanol–water partition coefficient (Wildman–Crippen LogP) is 0.159. The van der Waals surface area contributed by atoms with E-state index in [1.807, 2.05) is 13.8 Å². The summed E-state index contributed by atoms with van der Waals surface area (Å²) in [5, 5.41) is 7.37. The van der Waals surface area contributed by atoms with E-state index in [2.05, 4.69) is 10.4 Å². The number of aromatic nitrogens is 4. The first-order valence-corrected chi connectivity index (χ1v) is 9.58. The smallest absolute Gasteiger partial charge is 0.352 e. The van der Waals surface area contributed by atoms with Crippen LogP contribution in [-0.2, 0) is 11.3 Å². The van der Waals surface area contributed by atoms with Crippen LogP contribution in [0.25, 0.3) is 16.7 Å². The van der Waals surface area contributed by atoms with Gasteiger partial charge in [-0.2, -0.15) is 0 Å². The van der Waals surface area contributed by atoms with Crippen LogP contribution in [0.3, 0.4) is 0 Å². The molecule has 1 aliphatic carbocycles. The van der Waals surface area contributed by atoms with Gasteiger partial charge in [-0.05, 0) is 44.4 Å². The van der Waals surface area contributed by atoms with Crippen molar-refractivity contribution in [2.75, 3.05) is 0 Å². The largest absolute Gasteiger partial charge is 0.368 e. The first kappa shape index (κ1) is 18.9. The molecule has 4 rings (SSSR count). The highest BCUT2D eigenvalue weighted by molar-refractivity contribution is 5.98. The number of benzene rings is 1. The predicted molar refractivity (Wildman–Crippen MR) is 106 cm³/mol. The van der Waals surface area contributed by atoms with E-state index in [1.54, 1.807) is 12.1 Å². The van der Waals surface area contributed by atoms with Gasteiger partial charge in [0.2, 0.25) is 11.7 Å². The standard InChI is InChI=1S/C19H22N6O4/c1-3-10(2)21-16(27)11-4-7-13-14(8-11)25-18(24(17(13)28)12-5-6-12)22-23(19(25)29)9-15(20)26/h4,7-8,10,12H,3,5-6,9H2,1-2H3,(H2,20,26)(H,21,27). The van der Waals surface area contributed by atoms with Crippen molar-refractivity contribution >= 4 is 28.5 Å². The number of hydrogen-bond donors (Lipinski definition) is 2. The van der Waals surface area contributed by atoms with Crippen LogP contribution in [0.5, 0.6) is 0 Å². The molecule has 0 bridgehead atoms. The first-order valence-electron chi connectivity index (χ1n) is 9.58. The number of hydrogen-bond acceptors (Lipinski definition) is 5. The van der Waals surface area contributed by atoms with Crippen LogP contribution in [0.4, 0.5) is 0 Å². The molecule has 0 saturated heterocycles. The van der Waals surface area contributed by atoms with Crippen molar-refractivity contribution in [3.05, 3.63) is 44.6 Å². The van der Waals surface area contributed by atoms with Crippen LogP contribution in [0.1, 0.15) is 49.5 Å². The normalized spacial score (nSPS) is 15.0. The van der Waals surface area contributed by atoms with Crippen LogP contribution in [0.15, 0.2) is 27.8 Å². The van der Waals surface area contributed by atoms with E-state index in [0.29, 0.717) is 10.9 Å². The highest BCUT2D eigenvalue weighted by atomic mass is 16.2. The van der Waals surface area contributed by atoms with Crippen molar-refractivity contribution in [2.24, 2.45) is 5.73 Å². The van der Waals surface area contributed by atoms with Crippen molar-refractivity contribution in [1.82, 2.24) is 24.1 Å². The van der Waals surface area contributed by atoms with E-state index in [1.165, 1.54) is 15.0 Å². The van der Waals surface area contributed by atoms with Crippen molar-refractivity contribution in [3.63, 3.8) is 0 Å². The second kappa shape index (κ2) is 6.87. The van der Waals surface area contributed by atoms with Gasteiger partial charge in [-0.1, -0.05) is 6.92 Å². The Balaban J connectivity index is 1.99.